The Balaban J connectivity index is 2.37. The van der Waals surface area contributed by atoms with Crippen molar-refractivity contribution in [3.8, 4) is 6.07 Å². The van der Waals surface area contributed by atoms with E-state index >= 15 is 0 Å². The molecule has 9 heteroatoms. The van der Waals surface area contributed by atoms with E-state index in [0.29, 0.717) is 6.54 Å². The summed E-state index contributed by atoms with van der Waals surface area (Å²) in [4.78, 5) is 20.1. The molecular weight excluding hydrogens is 250 g/mol. The minimum Gasteiger partial charge on any atom is -0.347 e. The molecule has 0 bridgehead atoms. The maximum absolute atomic E-state index is 11.0. The van der Waals surface area contributed by atoms with Crippen molar-refractivity contribution in [3.05, 3.63) is 16.3 Å². The Morgan fingerprint density at radius 1 is 1.68 bits per heavy atom. The number of nitro groups is 1. The van der Waals surface area contributed by atoms with Crippen molar-refractivity contribution in [2.24, 2.45) is 5.84 Å². The SMILES string of the molecule is N#CCCN(c1nc(NN)ncc1[N+](=O)[O-])C1CC1. The Hall–Kier alpha value is -2.47. The van der Waals surface area contributed by atoms with E-state index in [1.165, 1.54) is 0 Å². The molecule has 0 aromatic carbocycles. The van der Waals surface area contributed by atoms with E-state index in [1.807, 2.05) is 6.07 Å². The van der Waals surface area contributed by atoms with Gasteiger partial charge < -0.3 is 4.90 Å². The number of hydrogen-bond acceptors (Lipinski definition) is 8. The quantitative estimate of drug-likeness (QED) is 0.431. The predicted molar refractivity (Wildman–Crippen MR) is 67.1 cm³/mol. The lowest BCUT2D eigenvalue weighted by Crippen LogP contribution is -2.29. The molecule has 1 saturated carbocycles. The molecule has 0 aliphatic heterocycles. The third-order valence-electron chi connectivity index (χ3n) is 2.80. The van der Waals surface area contributed by atoms with Crippen LogP contribution >= 0.6 is 0 Å². The highest BCUT2D eigenvalue weighted by Crippen LogP contribution is 2.35. The normalized spacial score (nSPS) is 13.7. The summed E-state index contributed by atoms with van der Waals surface area (Å²) in [7, 11) is 0. The van der Waals surface area contributed by atoms with Crippen LogP contribution in [0.15, 0.2) is 6.20 Å². The standard InChI is InChI=1S/C10H13N7O2/c11-4-1-5-16(7-2-3-7)9-8(17(18)19)6-13-10(14-9)15-12/h6-7H,1-3,5,12H2,(H,13,14,15). The fourth-order valence-electron chi connectivity index (χ4n) is 1.79. The van der Waals surface area contributed by atoms with Gasteiger partial charge in [0.1, 0.15) is 6.20 Å². The molecule has 1 heterocycles. The Morgan fingerprint density at radius 3 is 2.95 bits per heavy atom. The van der Waals surface area contributed by atoms with E-state index in [9.17, 15) is 10.1 Å². The first kappa shape index (κ1) is 13.0. The van der Waals surface area contributed by atoms with Gasteiger partial charge in [0.25, 0.3) is 0 Å². The van der Waals surface area contributed by atoms with Gasteiger partial charge in [-0.1, -0.05) is 0 Å². The summed E-state index contributed by atoms with van der Waals surface area (Å²) in [6, 6.07) is 2.23. The summed E-state index contributed by atoms with van der Waals surface area (Å²) in [6.07, 6.45) is 3.29. The van der Waals surface area contributed by atoms with E-state index < -0.39 is 4.92 Å². The van der Waals surface area contributed by atoms with Crippen molar-refractivity contribution in [1.82, 2.24) is 9.97 Å². The van der Waals surface area contributed by atoms with Gasteiger partial charge in [-0.2, -0.15) is 10.2 Å². The molecule has 0 amide bonds. The van der Waals surface area contributed by atoms with Gasteiger partial charge in [-0.15, -0.1) is 0 Å². The molecule has 0 atom stereocenters. The molecule has 0 unspecified atom stereocenters. The largest absolute Gasteiger partial charge is 0.347 e. The van der Waals surface area contributed by atoms with Crippen LogP contribution in [0.1, 0.15) is 19.3 Å². The minimum atomic E-state index is -0.530. The van der Waals surface area contributed by atoms with Gasteiger partial charge in [-0.3, -0.25) is 15.5 Å². The first-order valence-corrected chi connectivity index (χ1v) is 5.79. The number of hydrogen-bond donors (Lipinski definition) is 2. The first-order valence-electron chi connectivity index (χ1n) is 5.79. The zero-order valence-electron chi connectivity index (χ0n) is 10.1. The van der Waals surface area contributed by atoms with Crippen LogP contribution in [0.3, 0.4) is 0 Å². The number of hydrazine groups is 1. The van der Waals surface area contributed by atoms with E-state index in [-0.39, 0.29) is 29.9 Å². The number of aromatic nitrogens is 2. The lowest BCUT2D eigenvalue weighted by Gasteiger charge is -2.21. The number of rotatable bonds is 6. The van der Waals surface area contributed by atoms with Gasteiger partial charge in [-0.05, 0) is 12.8 Å². The molecule has 1 aliphatic rings. The summed E-state index contributed by atoms with van der Waals surface area (Å²) >= 11 is 0. The number of nitrogens with one attached hydrogen (secondary N) is 1. The van der Waals surface area contributed by atoms with Crippen LogP contribution in [0.5, 0.6) is 0 Å². The van der Waals surface area contributed by atoms with Crippen molar-refractivity contribution < 1.29 is 4.92 Å². The highest BCUT2D eigenvalue weighted by atomic mass is 16.6. The fourth-order valence-corrected chi connectivity index (χ4v) is 1.79. The van der Waals surface area contributed by atoms with Gasteiger partial charge in [0, 0.05) is 12.6 Å². The third-order valence-corrected chi connectivity index (χ3v) is 2.80. The lowest BCUT2D eigenvalue weighted by atomic mass is 10.3. The van der Waals surface area contributed by atoms with Gasteiger partial charge >= 0.3 is 5.69 Å². The monoisotopic (exact) mass is 263 g/mol. The van der Waals surface area contributed by atoms with Gasteiger partial charge in [0.05, 0.1) is 17.4 Å². The number of nitrogens with two attached hydrogens (primary N) is 1. The predicted octanol–water partition coefficient (Wildman–Crippen LogP) is 0.553. The molecule has 1 fully saturated rings. The zero-order chi connectivity index (χ0) is 13.8. The first-order chi connectivity index (χ1) is 9.17. The van der Waals surface area contributed by atoms with Crippen molar-refractivity contribution >= 4 is 17.5 Å². The molecule has 1 aromatic rings. The number of nitrogens with zero attached hydrogens (tertiary/aromatic N) is 5. The maximum atomic E-state index is 11.0. The Bertz CT molecular complexity index is 523. The molecule has 1 aliphatic carbocycles. The minimum absolute atomic E-state index is 0.114. The molecule has 0 radical (unpaired) electrons. The number of nitrogen functional groups attached to an aromatic ring is 1. The average Bonchev–Trinajstić information content (AvgIpc) is 3.23. The maximum Gasteiger partial charge on any atom is 0.329 e. The summed E-state index contributed by atoms with van der Waals surface area (Å²) in [5.41, 5.74) is 2.09. The zero-order valence-corrected chi connectivity index (χ0v) is 10.1. The van der Waals surface area contributed by atoms with E-state index in [4.69, 9.17) is 11.1 Å². The van der Waals surface area contributed by atoms with Crippen LogP contribution in [-0.4, -0.2) is 27.5 Å². The smallest absolute Gasteiger partial charge is 0.329 e. The molecule has 2 rings (SSSR count). The van der Waals surface area contributed by atoms with E-state index in [1.54, 1.807) is 4.90 Å². The molecule has 19 heavy (non-hydrogen) atoms. The highest BCUT2D eigenvalue weighted by Gasteiger charge is 2.34. The number of anilines is 2. The summed E-state index contributed by atoms with van der Waals surface area (Å²) in [5, 5.41) is 19.7. The number of nitriles is 1. The van der Waals surface area contributed by atoms with Crippen LogP contribution in [0, 0.1) is 21.4 Å². The summed E-state index contributed by atoms with van der Waals surface area (Å²) < 4.78 is 0. The lowest BCUT2D eigenvalue weighted by molar-refractivity contribution is -0.384. The molecule has 0 spiro atoms. The summed E-state index contributed by atoms with van der Waals surface area (Å²) in [6.45, 7) is 0.406. The molecular formula is C10H13N7O2. The van der Waals surface area contributed by atoms with Crippen molar-refractivity contribution in [2.45, 2.75) is 25.3 Å². The second kappa shape index (κ2) is 5.45. The van der Waals surface area contributed by atoms with Crippen molar-refractivity contribution in [1.29, 1.82) is 5.26 Å². The molecule has 100 valence electrons. The Kier molecular flexibility index (Phi) is 3.72. The van der Waals surface area contributed by atoms with Crippen LogP contribution < -0.4 is 16.2 Å². The van der Waals surface area contributed by atoms with E-state index in [2.05, 4.69) is 15.4 Å². The van der Waals surface area contributed by atoms with Crippen LogP contribution in [0.25, 0.3) is 0 Å². The molecule has 3 N–H and O–H groups in total. The van der Waals surface area contributed by atoms with Crippen LogP contribution in [0.2, 0.25) is 0 Å². The van der Waals surface area contributed by atoms with E-state index in [0.717, 1.165) is 19.0 Å². The molecule has 0 saturated heterocycles. The topological polar surface area (TPSA) is 134 Å². The van der Waals surface area contributed by atoms with Crippen molar-refractivity contribution in [2.75, 3.05) is 16.9 Å². The Labute approximate surface area is 109 Å². The van der Waals surface area contributed by atoms with Crippen molar-refractivity contribution in [3.63, 3.8) is 0 Å². The van der Waals surface area contributed by atoms with Crippen LogP contribution in [-0.2, 0) is 0 Å². The Morgan fingerprint density at radius 2 is 2.42 bits per heavy atom. The third kappa shape index (κ3) is 2.86. The van der Waals surface area contributed by atoms with Gasteiger partial charge in [0.15, 0.2) is 0 Å². The molecule has 1 aromatic heterocycles. The highest BCUT2D eigenvalue weighted by molar-refractivity contribution is 5.60. The van der Waals surface area contributed by atoms with Gasteiger partial charge in [-0.25, -0.2) is 10.8 Å². The second-order valence-electron chi connectivity index (χ2n) is 4.14. The van der Waals surface area contributed by atoms with Crippen LogP contribution in [0.4, 0.5) is 17.5 Å². The van der Waals surface area contributed by atoms with Gasteiger partial charge in [0.2, 0.25) is 11.8 Å². The average molecular weight is 263 g/mol. The second-order valence-corrected chi connectivity index (χ2v) is 4.14. The summed E-state index contributed by atoms with van der Waals surface area (Å²) in [5.74, 6) is 5.55. The molecule has 9 nitrogen and oxygen atoms in total. The fraction of sp³-hybridized carbons (Fsp3) is 0.500.